The fourth-order valence-corrected chi connectivity index (χ4v) is 4.34. The summed E-state index contributed by atoms with van der Waals surface area (Å²) < 4.78 is 5.64. The van der Waals surface area contributed by atoms with Crippen molar-refractivity contribution >= 4 is 11.9 Å². The number of carbonyl (C=O) groups is 2. The maximum Gasteiger partial charge on any atom is 0.318 e. The van der Waals surface area contributed by atoms with E-state index in [1.165, 1.54) is 19.3 Å². The van der Waals surface area contributed by atoms with E-state index in [4.69, 9.17) is 4.74 Å². The van der Waals surface area contributed by atoms with Gasteiger partial charge < -0.3 is 20.3 Å². The Morgan fingerprint density at radius 2 is 1.81 bits per heavy atom. The van der Waals surface area contributed by atoms with Crippen molar-refractivity contribution in [1.82, 2.24) is 15.5 Å². The molecule has 1 saturated carbocycles. The normalized spacial score (nSPS) is 25.5. The first-order chi connectivity index (χ1) is 12.7. The smallest absolute Gasteiger partial charge is 0.318 e. The number of hydrogen-bond donors (Lipinski definition) is 2. The Hall–Kier alpha value is -2.24. The molecule has 1 aromatic carbocycles. The number of likely N-dealkylation sites (tertiary alicyclic amines) is 1. The van der Waals surface area contributed by atoms with Gasteiger partial charge in [0.1, 0.15) is 18.4 Å². The van der Waals surface area contributed by atoms with Gasteiger partial charge in [-0.2, -0.15) is 0 Å². The monoisotopic (exact) mass is 357 g/mol. The molecule has 4 rings (SSSR count). The SMILES string of the molecule is O=C(N[C@H]1COc2ccccc21)[C@@H]1CCCN1C(=O)NC1CCCCC1. The van der Waals surface area contributed by atoms with E-state index in [2.05, 4.69) is 10.6 Å². The van der Waals surface area contributed by atoms with E-state index in [0.717, 1.165) is 37.0 Å². The molecule has 1 saturated heterocycles. The van der Waals surface area contributed by atoms with E-state index in [0.29, 0.717) is 13.2 Å². The van der Waals surface area contributed by atoms with Crippen molar-refractivity contribution < 1.29 is 14.3 Å². The quantitative estimate of drug-likeness (QED) is 0.874. The summed E-state index contributed by atoms with van der Waals surface area (Å²) in [5, 5.41) is 6.22. The summed E-state index contributed by atoms with van der Waals surface area (Å²) in [5.41, 5.74) is 1.01. The van der Waals surface area contributed by atoms with Crippen LogP contribution in [0.15, 0.2) is 24.3 Å². The number of nitrogens with zero attached hydrogens (tertiary/aromatic N) is 1. The van der Waals surface area contributed by atoms with Gasteiger partial charge in [0.25, 0.3) is 0 Å². The van der Waals surface area contributed by atoms with E-state index in [9.17, 15) is 9.59 Å². The Morgan fingerprint density at radius 1 is 1.00 bits per heavy atom. The number of rotatable bonds is 3. The fraction of sp³-hybridized carbons (Fsp3) is 0.600. The minimum atomic E-state index is -0.383. The lowest BCUT2D eigenvalue weighted by Gasteiger charge is -2.29. The Labute approximate surface area is 154 Å². The van der Waals surface area contributed by atoms with E-state index >= 15 is 0 Å². The number of urea groups is 1. The van der Waals surface area contributed by atoms with Crippen molar-refractivity contribution in [2.45, 2.75) is 63.1 Å². The average Bonchev–Trinajstić information content (AvgIpc) is 3.30. The van der Waals surface area contributed by atoms with Crippen LogP contribution in [0.4, 0.5) is 4.79 Å². The number of carbonyl (C=O) groups excluding carboxylic acids is 2. The summed E-state index contributed by atoms with van der Waals surface area (Å²) in [4.78, 5) is 27.2. The lowest BCUT2D eigenvalue weighted by atomic mass is 9.96. The molecule has 2 aliphatic heterocycles. The summed E-state index contributed by atoms with van der Waals surface area (Å²) in [6.07, 6.45) is 7.30. The van der Waals surface area contributed by atoms with Gasteiger partial charge >= 0.3 is 6.03 Å². The van der Waals surface area contributed by atoms with Crippen LogP contribution in [0.25, 0.3) is 0 Å². The molecule has 0 unspecified atom stereocenters. The fourth-order valence-electron chi connectivity index (χ4n) is 4.34. The van der Waals surface area contributed by atoms with Gasteiger partial charge in [0.05, 0.1) is 6.04 Å². The van der Waals surface area contributed by atoms with Crippen molar-refractivity contribution in [3.63, 3.8) is 0 Å². The molecule has 140 valence electrons. The molecule has 0 spiro atoms. The predicted molar refractivity (Wildman–Crippen MR) is 98.0 cm³/mol. The minimum absolute atomic E-state index is 0.0772. The molecule has 1 aromatic rings. The third kappa shape index (κ3) is 3.50. The van der Waals surface area contributed by atoms with E-state index in [-0.39, 0.29) is 30.1 Å². The highest BCUT2D eigenvalue weighted by Crippen LogP contribution is 2.32. The molecule has 2 N–H and O–H groups in total. The molecule has 0 radical (unpaired) electrons. The second kappa shape index (κ2) is 7.56. The zero-order chi connectivity index (χ0) is 17.9. The highest BCUT2D eigenvalue weighted by atomic mass is 16.5. The number of nitrogens with one attached hydrogen (secondary N) is 2. The molecule has 26 heavy (non-hydrogen) atoms. The highest BCUT2D eigenvalue weighted by molar-refractivity contribution is 5.88. The van der Waals surface area contributed by atoms with Crippen LogP contribution in [0.3, 0.4) is 0 Å². The van der Waals surface area contributed by atoms with Crippen molar-refractivity contribution in [1.29, 1.82) is 0 Å². The van der Waals surface area contributed by atoms with Crippen LogP contribution < -0.4 is 15.4 Å². The molecule has 0 aromatic heterocycles. The highest BCUT2D eigenvalue weighted by Gasteiger charge is 2.37. The van der Waals surface area contributed by atoms with Crippen LogP contribution in [0.1, 0.15) is 56.6 Å². The lowest BCUT2D eigenvalue weighted by Crippen LogP contribution is -2.52. The molecule has 6 heteroatoms. The Kier molecular flexibility index (Phi) is 5.00. The number of para-hydroxylation sites is 1. The first-order valence-corrected chi connectivity index (χ1v) is 9.81. The standard InChI is InChI=1S/C20H27N3O3/c24-19(22-16-13-26-18-11-5-4-9-15(16)18)17-10-6-12-23(17)20(25)21-14-7-2-1-3-8-14/h4-5,9,11,14,16-17H,1-3,6-8,10,12-13H2,(H,21,25)(H,22,24)/t16-,17-/m0/s1. The van der Waals surface area contributed by atoms with Crippen LogP contribution in [-0.4, -0.2) is 42.1 Å². The molecular formula is C20H27N3O3. The Balaban J connectivity index is 1.37. The second-order valence-electron chi connectivity index (χ2n) is 7.55. The van der Waals surface area contributed by atoms with Crippen LogP contribution in [0, 0.1) is 0 Å². The summed E-state index contributed by atoms with van der Waals surface area (Å²) >= 11 is 0. The molecular weight excluding hydrogens is 330 g/mol. The summed E-state index contributed by atoms with van der Waals surface area (Å²) in [7, 11) is 0. The molecule has 1 aliphatic carbocycles. The molecule has 2 heterocycles. The molecule has 6 nitrogen and oxygen atoms in total. The largest absolute Gasteiger partial charge is 0.491 e. The zero-order valence-electron chi connectivity index (χ0n) is 15.1. The number of amides is 3. The van der Waals surface area contributed by atoms with E-state index in [1.54, 1.807) is 4.90 Å². The Bertz CT molecular complexity index is 672. The summed E-state index contributed by atoms with van der Waals surface area (Å²) in [5.74, 6) is 0.753. The molecule has 3 aliphatic rings. The first-order valence-electron chi connectivity index (χ1n) is 9.81. The van der Waals surface area contributed by atoms with Gasteiger partial charge in [0.2, 0.25) is 5.91 Å². The van der Waals surface area contributed by atoms with Crippen molar-refractivity contribution in [2.24, 2.45) is 0 Å². The van der Waals surface area contributed by atoms with Gasteiger partial charge in [-0.15, -0.1) is 0 Å². The number of benzene rings is 1. The van der Waals surface area contributed by atoms with Gasteiger partial charge in [0, 0.05) is 18.2 Å². The van der Waals surface area contributed by atoms with Gasteiger partial charge in [-0.3, -0.25) is 4.79 Å². The number of hydrogen-bond acceptors (Lipinski definition) is 3. The van der Waals surface area contributed by atoms with Gasteiger partial charge in [-0.05, 0) is 31.7 Å². The third-order valence-corrected chi connectivity index (χ3v) is 5.77. The molecule has 2 atom stereocenters. The van der Waals surface area contributed by atoms with Crippen LogP contribution in [-0.2, 0) is 4.79 Å². The maximum absolute atomic E-state index is 12.8. The van der Waals surface area contributed by atoms with Crippen LogP contribution in [0.2, 0.25) is 0 Å². The van der Waals surface area contributed by atoms with Gasteiger partial charge in [0.15, 0.2) is 0 Å². The predicted octanol–water partition coefficient (Wildman–Crippen LogP) is 2.74. The van der Waals surface area contributed by atoms with Gasteiger partial charge in [-0.1, -0.05) is 37.5 Å². The van der Waals surface area contributed by atoms with Crippen molar-refractivity contribution in [3.05, 3.63) is 29.8 Å². The zero-order valence-corrected chi connectivity index (χ0v) is 15.1. The van der Waals surface area contributed by atoms with Crippen molar-refractivity contribution in [3.8, 4) is 5.75 Å². The minimum Gasteiger partial charge on any atom is -0.491 e. The van der Waals surface area contributed by atoms with Crippen LogP contribution in [0.5, 0.6) is 5.75 Å². The summed E-state index contributed by atoms with van der Waals surface area (Å²) in [6, 6.07) is 7.43. The first kappa shape index (κ1) is 17.2. The summed E-state index contributed by atoms with van der Waals surface area (Å²) in [6.45, 7) is 1.10. The molecule has 3 amide bonds. The molecule has 2 fully saturated rings. The van der Waals surface area contributed by atoms with E-state index < -0.39 is 0 Å². The molecule has 0 bridgehead atoms. The topological polar surface area (TPSA) is 70.7 Å². The van der Waals surface area contributed by atoms with Crippen LogP contribution >= 0.6 is 0 Å². The Morgan fingerprint density at radius 3 is 2.65 bits per heavy atom. The van der Waals surface area contributed by atoms with Crippen molar-refractivity contribution in [2.75, 3.05) is 13.2 Å². The third-order valence-electron chi connectivity index (χ3n) is 5.77. The average molecular weight is 357 g/mol. The number of ether oxygens (including phenoxy) is 1. The lowest BCUT2D eigenvalue weighted by molar-refractivity contribution is -0.125. The second-order valence-corrected chi connectivity index (χ2v) is 7.55. The maximum atomic E-state index is 12.8. The number of fused-ring (bicyclic) bond motifs is 1. The van der Waals surface area contributed by atoms with E-state index in [1.807, 2.05) is 24.3 Å². The van der Waals surface area contributed by atoms with Gasteiger partial charge in [-0.25, -0.2) is 4.79 Å².